The van der Waals surface area contributed by atoms with Gasteiger partial charge in [-0.25, -0.2) is 0 Å². The van der Waals surface area contributed by atoms with Crippen molar-refractivity contribution in [1.29, 1.82) is 0 Å². The van der Waals surface area contributed by atoms with Gasteiger partial charge in [0.05, 0.1) is 12.5 Å². The van der Waals surface area contributed by atoms with Gasteiger partial charge in [0.1, 0.15) is 0 Å². The maximum absolute atomic E-state index is 5.64. The zero-order valence-corrected chi connectivity index (χ0v) is 10.4. The summed E-state index contributed by atoms with van der Waals surface area (Å²) in [7, 11) is 0. The highest BCUT2D eigenvalue weighted by Crippen LogP contribution is 2.23. The van der Waals surface area contributed by atoms with Crippen LogP contribution in [0.3, 0.4) is 0 Å². The van der Waals surface area contributed by atoms with Gasteiger partial charge >= 0.3 is 0 Å². The molecule has 1 saturated heterocycles. The zero-order chi connectivity index (χ0) is 11.9. The third-order valence-electron chi connectivity index (χ3n) is 2.93. The molecule has 96 valence electrons. The number of ether oxygens (including phenoxy) is 1. The van der Waals surface area contributed by atoms with Crippen LogP contribution in [0, 0.1) is 0 Å². The number of aromatic nitrogens is 2. The summed E-state index contributed by atoms with van der Waals surface area (Å²) in [6, 6.07) is 0. The smallest absolute Gasteiger partial charge is 0.222 e. The Labute approximate surface area is 102 Å². The average Bonchev–Trinajstić information content (AvgIpc) is 2.99. The minimum atomic E-state index is 0.314. The van der Waals surface area contributed by atoms with Gasteiger partial charge in [0.25, 0.3) is 0 Å². The van der Waals surface area contributed by atoms with Crippen molar-refractivity contribution in [1.82, 2.24) is 15.5 Å². The second-order valence-corrected chi connectivity index (χ2v) is 4.45. The Kier molecular flexibility index (Phi) is 4.94. The van der Waals surface area contributed by atoms with Crippen LogP contribution in [0.25, 0.3) is 0 Å². The van der Waals surface area contributed by atoms with E-state index in [0.29, 0.717) is 5.92 Å². The molecular weight excluding hydrogens is 218 g/mol. The lowest BCUT2D eigenvalue weighted by atomic mass is 10.1. The molecule has 5 nitrogen and oxygen atoms in total. The zero-order valence-electron chi connectivity index (χ0n) is 10.4. The Bertz CT molecular complexity index is 321. The summed E-state index contributed by atoms with van der Waals surface area (Å²) in [5.41, 5.74) is 0. The van der Waals surface area contributed by atoms with E-state index >= 15 is 0 Å². The van der Waals surface area contributed by atoms with Crippen molar-refractivity contribution in [3.05, 3.63) is 11.8 Å². The van der Waals surface area contributed by atoms with E-state index in [1.54, 1.807) is 0 Å². The first-order valence-corrected chi connectivity index (χ1v) is 6.51. The Hall–Kier alpha value is -0.940. The van der Waals surface area contributed by atoms with Crippen molar-refractivity contribution >= 4 is 0 Å². The van der Waals surface area contributed by atoms with E-state index in [2.05, 4.69) is 22.4 Å². The van der Waals surface area contributed by atoms with Gasteiger partial charge in [-0.2, -0.15) is 0 Å². The molecule has 1 aromatic rings. The van der Waals surface area contributed by atoms with Gasteiger partial charge in [-0.3, -0.25) is 0 Å². The Balaban J connectivity index is 1.70. The average molecular weight is 239 g/mol. The summed E-state index contributed by atoms with van der Waals surface area (Å²) in [5.74, 6) is 1.82. The number of nitrogens with one attached hydrogen (secondary N) is 1. The van der Waals surface area contributed by atoms with Gasteiger partial charge in [0.2, 0.25) is 11.8 Å². The molecule has 1 fully saturated rings. The van der Waals surface area contributed by atoms with Gasteiger partial charge in [-0.1, -0.05) is 6.92 Å². The van der Waals surface area contributed by atoms with Crippen molar-refractivity contribution in [2.45, 2.75) is 38.5 Å². The Morgan fingerprint density at radius 2 is 2.29 bits per heavy atom. The normalized spacial score (nSPS) is 19.9. The third kappa shape index (κ3) is 3.78. The highest BCUT2D eigenvalue weighted by Gasteiger charge is 2.23. The van der Waals surface area contributed by atoms with Crippen molar-refractivity contribution in [3.8, 4) is 0 Å². The molecule has 17 heavy (non-hydrogen) atoms. The van der Waals surface area contributed by atoms with Crippen molar-refractivity contribution < 1.29 is 9.15 Å². The standard InChI is InChI=1S/C12H21N3O2/c1-2-6-13-7-3-4-11-14-15-12(17-11)10-5-8-16-9-10/h10,13H,2-9H2,1H3. The van der Waals surface area contributed by atoms with Crippen LogP contribution in [0.15, 0.2) is 4.42 Å². The molecule has 1 aliphatic rings. The molecule has 0 bridgehead atoms. The third-order valence-corrected chi connectivity index (χ3v) is 2.93. The quantitative estimate of drug-likeness (QED) is 0.731. The van der Waals surface area contributed by atoms with Crippen LogP contribution in [0.2, 0.25) is 0 Å². The first kappa shape index (κ1) is 12.5. The van der Waals surface area contributed by atoms with Crippen molar-refractivity contribution in [2.24, 2.45) is 0 Å². The van der Waals surface area contributed by atoms with Gasteiger partial charge in [-0.05, 0) is 32.4 Å². The number of aryl methyl sites for hydroxylation is 1. The largest absolute Gasteiger partial charge is 0.425 e. The molecule has 0 aromatic carbocycles. The van der Waals surface area contributed by atoms with Crippen LogP contribution in [0.4, 0.5) is 0 Å². The maximum atomic E-state index is 5.64. The van der Waals surface area contributed by atoms with Crippen LogP contribution in [-0.2, 0) is 11.2 Å². The molecule has 1 N–H and O–H groups in total. The Morgan fingerprint density at radius 3 is 3.06 bits per heavy atom. The predicted octanol–water partition coefficient (Wildman–Crippen LogP) is 1.51. The molecule has 0 aliphatic carbocycles. The second-order valence-electron chi connectivity index (χ2n) is 4.45. The van der Waals surface area contributed by atoms with Gasteiger partial charge in [-0.15, -0.1) is 10.2 Å². The highest BCUT2D eigenvalue weighted by molar-refractivity contribution is 4.93. The minimum Gasteiger partial charge on any atom is -0.425 e. The van der Waals surface area contributed by atoms with E-state index in [0.717, 1.165) is 57.3 Å². The van der Waals surface area contributed by atoms with Crippen molar-refractivity contribution in [3.63, 3.8) is 0 Å². The van der Waals surface area contributed by atoms with Crippen LogP contribution in [0.1, 0.15) is 43.9 Å². The molecular formula is C12H21N3O2. The van der Waals surface area contributed by atoms with Crippen molar-refractivity contribution in [2.75, 3.05) is 26.3 Å². The number of rotatable bonds is 7. The number of nitrogens with zero attached hydrogens (tertiary/aromatic N) is 2. The molecule has 5 heteroatoms. The fraction of sp³-hybridized carbons (Fsp3) is 0.833. The highest BCUT2D eigenvalue weighted by atomic mass is 16.5. The molecule has 0 radical (unpaired) electrons. The second kappa shape index (κ2) is 6.71. The summed E-state index contributed by atoms with van der Waals surface area (Å²) in [4.78, 5) is 0. The van der Waals surface area contributed by atoms with Gasteiger partial charge in [0, 0.05) is 13.0 Å². The minimum absolute atomic E-state index is 0.314. The van der Waals surface area contributed by atoms with E-state index in [1.165, 1.54) is 6.42 Å². The number of hydrogen-bond acceptors (Lipinski definition) is 5. The molecule has 1 unspecified atom stereocenters. The summed E-state index contributed by atoms with van der Waals surface area (Å²) in [6.07, 6.45) is 4.08. The monoisotopic (exact) mass is 239 g/mol. The molecule has 1 aliphatic heterocycles. The molecule has 0 saturated carbocycles. The maximum Gasteiger partial charge on any atom is 0.222 e. The number of hydrogen-bond donors (Lipinski definition) is 1. The summed E-state index contributed by atoms with van der Waals surface area (Å²) in [5, 5.41) is 11.5. The Morgan fingerprint density at radius 1 is 1.35 bits per heavy atom. The lowest BCUT2D eigenvalue weighted by Gasteiger charge is -2.00. The summed E-state index contributed by atoms with van der Waals surface area (Å²) >= 11 is 0. The van der Waals surface area contributed by atoms with Gasteiger partial charge < -0.3 is 14.5 Å². The SMILES string of the molecule is CCCNCCCc1nnc(C2CCOC2)o1. The molecule has 2 heterocycles. The molecule has 2 rings (SSSR count). The fourth-order valence-electron chi connectivity index (χ4n) is 1.93. The van der Waals surface area contributed by atoms with E-state index in [1.807, 2.05) is 0 Å². The summed E-state index contributed by atoms with van der Waals surface area (Å²) in [6.45, 7) is 5.79. The lowest BCUT2D eigenvalue weighted by molar-refractivity contribution is 0.190. The lowest BCUT2D eigenvalue weighted by Crippen LogP contribution is -2.16. The molecule has 1 aromatic heterocycles. The fourth-order valence-corrected chi connectivity index (χ4v) is 1.93. The topological polar surface area (TPSA) is 60.2 Å². The van der Waals surface area contributed by atoms with Gasteiger partial charge in [0.15, 0.2) is 0 Å². The molecule has 0 spiro atoms. The van der Waals surface area contributed by atoms with E-state index in [4.69, 9.17) is 9.15 Å². The first-order valence-electron chi connectivity index (χ1n) is 6.51. The summed E-state index contributed by atoms with van der Waals surface area (Å²) < 4.78 is 11.0. The van der Waals surface area contributed by atoms with Crippen LogP contribution in [-0.4, -0.2) is 36.5 Å². The first-order chi connectivity index (χ1) is 8.40. The van der Waals surface area contributed by atoms with E-state index in [9.17, 15) is 0 Å². The molecule has 1 atom stereocenters. The molecule has 0 amide bonds. The van der Waals surface area contributed by atoms with E-state index in [-0.39, 0.29) is 0 Å². The van der Waals surface area contributed by atoms with Crippen LogP contribution >= 0.6 is 0 Å². The van der Waals surface area contributed by atoms with Crippen LogP contribution < -0.4 is 5.32 Å². The predicted molar refractivity (Wildman–Crippen MR) is 64.0 cm³/mol. The van der Waals surface area contributed by atoms with E-state index < -0.39 is 0 Å². The van der Waals surface area contributed by atoms with Crippen LogP contribution in [0.5, 0.6) is 0 Å².